The van der Waals surface area contributed by atoms with Gasteiger partial charge in [-0.1, -0.05) is 29.8 Å². The molecule has 30 heavy (non-hydrogen) atoms. The first-order valence-electron chi connectivity index (χ1n) is 8.68. The molecule has 0 aliphatic carbocycles. The molecule has 0 unspecified atom stereocenters. The quantitative estimate of drug-likeness (QED) is 0.457. The molecule has 0 spiro atoms. The third-order valence-corrected chi connectivity index (χ3v) is 6.44. The third kappa shape index (κ3) is 6.02. The zero-order valence-corrected chi connectivity index (χ0v) is 17.7. The van der Waals surface area contributed by atoms with Gasteiger partial charge in [-0.3, -0.25) is 9.78 Å². The van der Waals surface area contributed by atoms with Gasteiger partial charge in [-0.25, -0.2) is 13.4 Å². The first kappa shape index (κ1) is 23.8. The Labute approximate surface area is 177 Å². The summed E-state index contributed by atoms with van der Waals surface area (Å²) in [5.41, 5.74) is -1.35. The van der Waals surface area contributed by atoms with Gasteiger partial charge in [-0.05, 0) is 24.6 Å². The average molecular weight is 462 g/mol. The van der Waals surface area contributed by atoms with E-state index in [-0.39, 0.29) is 23.4 Å². The number of benzene rings is 1. The summed E-state index contributed by atoms with van der Waals surface area (Å²) in [4.78, 5) is 20.8. The van der Waals surface area contributed by atoms with Crippen LogP contribution < -0.4 is 0 Å². The SMILES string of the molecule is CN(C)C=NC(=O)CC[C@H](c1ncc(C(F)(F)F)cc1Cl)S(=O)(=O)c1ccccc1. The normalized spacial score (nSPS) is 13.4. The summed E-state index contributed by atoms with van der Waals surface area (Å²) in [6.07, 6.45) is -3.40. The van der Waals surface area contributed by atoms with E-state index in [0.717, 1.165) is 0 Å². The number of carbonyl (C=O) groups excluding carboxylic acids is 1. The van der Waals surface area contributed by atoms with Crippen molar-refractivity contribution >= 4 is 33.7 Å². The lowest BCUT2D eigenvalue weighted by atomic mass is 10.1. The number of hydrogen-bond donors (Lipinski definition) is 0. The van der Waals surface area contributed by atoms with Gasteiger partial charge in [0.15, 0.2) is 9.84 Å². The molecule has 1 aromatic carbocycles. The molecule has 0 bridgehead atoms. The van der Waals surface area contributed by atoms with Crippen LogP contribution in [0.15, 0.2) is 52.5 Å². The van der Waals surface area contributed by atoms with Gasteiger partial charge >= 0.3 is 6.18 Å². The van der Waals surface area contributed by atoms with Crippen LogP contribution >= 0.6 is 11.6 Å². The van der Waals surface area contributed by atoms with Crippen LogP contribution in [0.3, 0.4) is 0 Å². The number of hydrogen-bond acceptors (Lipinski definition) is 4. The Morgan fingerprint density at radius 3 is 2.43 bits per heavy atom. The molecule has 0 N–H and O–H groups in total. The van der Waals surface area contributed by atoms with Crippen LogP contribution in [0.1, 0.15) is 29.3 Å². The zero-order valence-electron chi connectivity index (χ0n) is 16.1. The van der Waals surface area contributed by atoms with E-state index < -0.39 is 37.8 Å². The summed E-state index contributed by atoms with van der Waals surface area (Å²) in [5.74, 6) is -0.583. The van der Waals surface area contributed by atoms with E-state index >= 15 is 0 Å². The third-order valence-electron chi connectivity index (χ3n) is 4.00. The first-order chi connectivity index (χ1) is 13.9. The minimum absolute atomic E-state index is 0.0583. The monoisotopic (exact) mass is 461 g/mol. The Morgan fingerprint density at radius 2 is 1.90 bits per heavy atom. The van der Waals surface area contributed by atoms with Gasteiger partial charge in [-0.15, -0.1) is 0 Å². The molecule has 2 aromatic rings. The smallest absolute Gasteiger partial charge is 0.369 e. The van der Waals surface area contributed by atoms with Gasteiger partial charge in [0.05, 0.1) is 27.5 Å². The van der Waals surface area contributed by atoms with E-state index in [2.05, 4.69) is 9.98 Å². The molecule has 162 valence electrons. The standard InChI is InChI=1S/C19H19ClF3N3O3S/c1-26(2)12-25-17(27)9-8-16(30(28,29)14-6-4-3-5-7-14)18-15(20)10-13(11-24-18)19(21,22)23/h3-7,10-12,16H,8-9H2,1-2H3/t16-/m1/s1. The maximum absolute atomic E-state index is 13.2. The number of carbonyl (C=O) groups is 1. The number of rotatable bonds is 7. The van der Waals surface area contributed by atoms with Crippen molar-refractivity contribution in [2.75, 3.05) is 14.1 Å². The number of amides is 1. The van der Waals surface area contributed by atoms with Crippen molar-refractivity contribution in [3.8, 4) is 0 Å². The highest BCUT2D eigenvalue weighted by Crippen LogP contribution is 2.38. The van der Waals surface area contributed by atoms with E-state index in [1.54, 1.807) is 20.2 Å². The van der Waals surface area contributed by atoms with Gasteiger partial charge in [0, 0.05) is 26.7 Å². The number of aromatic nitrogens is 1. The topological polar surface area (TPSA) is 79.7 Å². The predicted molar refractivity (Wildman–Crippen MR) is 107 cm³/mol. The minimum atomic E-state index is -4.68. The number of aliphatic imine (C=N–C) groups is 1. The molecule has 11 heteroatoms. The van der Waals surface area contributed by atoms with E-state index in [0.29, 0.717) is 12.3 Å². The molecular formula is C19H19ClF3N3O3S. The molecule has 1 aromatic heterocycles. The molecule has 1 atom stereocenters. The second kappa shape index (κ2) is 9.57. The Balaban J connectivity index is 2.45. The molecule has 0 saturated carbocycles. The maximum Gasteiger partial charge on any atom is 0.417 e. The molecule has 0 aliphatic heterocycles. The summed E-state index contributed by atoms with van der Waals surface area (Å²) >= 11 is 5.99. The van der Waals surface area contributed by atoms with Crippen LogP contribution in [0.2, 0.25) is 5.02 Å². The van der Waals surface area contributed by atoms with Crippen molar-refractivity contribution < 1.29 is 26.4 Å². The number of sulfone groups is 1. The number of pyridine rings is 1. The fourth-order valence-electron chi connectivity index (χ4n) is 2.55. The second-order valence-electron chi connectivity index (χ2n) is 6.58. The lowest BCUT2D eigenvalue weighted by Crippen LogP contribution is -2.18. The molecule has 2 rings (SSSR count). The van der Waals surface area contributed by atoms with Crippen molar-refractivity contribution in [2.45, 2.75) is 29.2 Å². The Kier molecular flexibility index (Phi) is 7.59. The van der Waals surface area contributed by atoms with Crippen molar-refractivity contribution in [1.82, 2.24) is 9.88 Å². The van der Waals surface area contributed by atoms with Crippen molar-refractivity contribution in [2.24, 2.45) is 4.99 Å². The summed E-state index contributed by atoms with van der Waals surface area (Å²) in [7, 11) is -0.778. The van der Waals surface area contributed by atoms with E-state index in [1.165, 1.54) is 35.5 Å². The van der Waals surface area contributed by atoms with Gasteiger partial charge in [0.1, 0.15) is 5.25 Å². The highest BCUT2D eigenvalue weighted by molar-refractivity contribution is 7.91. The summed E-state index contributed by atoms with van der Waals surface area (Å²) in [6.45, 7) is 0. The summed E-state index contributed by atoms with van der Waals surface area (Å²) in [5, 5.41) is -1.87. The van der Waals surface area contributed by atoms with E-state index in [9.17, 15) is 26.4 Å². The van der Waals surface area contributed by atoms with Gasteiger partial charge in [0.25, 0.3) is 0 Å². The Hall–Kier alpha value is -2.46. The highest BCUT2D eigenvalue weighted by Gasteiger charge is 2.35. The lowest BCUT2D eigenvalue weighted by Gasteiger charge is -2.19. The molecule has 1 amide bonds. The minimum Gasteiger partial charge on any atom is -0.369 e. The van der Waals surface area contributed by atoms with Crippen molar-refractivity contribution in [1.29, 1.82) is 0 Å². The van der Waals surface area contributed by atoms with Crippen LogP contribution in [-0.2, 0) is 20.8 Å². The van der Waals surface area contributed by atoms with Gasteiger partial charge in [-0.2, -0.15) is 13.2 Å². The van der Waals surface area contributed by atoms with Crippen LogP contribution in [0, 0.1) is 0 Å². The predicted octanol–water partition coefficient (Wildman–Crippen LogP) is 4.17. The lowest BCUT2D eigenvalue weighted by molar-refractivity contribution is -0.137. The molecule has 0 saturated heterocycles. The van der Waals surface area contributed by atoms with Crippen LogP contribution in [0.5, 0.6) is 0 Å². The fourth-order valence-corrected chi connectivity index (χ4v) is 4.69. The van der Waals surface area contributed by atoms with Gasteiger partial charge in [0.2, 0.25) is 5.91 Å². The van der Waals surface area contributed by atoms with E-state index in [1.807, 2.05) is 0 Å². The largest absolute Gasteiger partial charge is 0.417 e. The van der Waals surface area contributed by atoms with Crippen molar-refractivity contribution in [3.05, 3.63) is 58.9 Å². The summed E-state index contributed by atoms with van der Waals surface area (Å²) in [6, 6.07) is 7.98. The van der Waals surface area contributed by atoms with Crippen LogP contribution in [0.4, 0.5) is 13.2 Å². The average Bonchev–Trinajstić information content (AvgIpc) is 2.67. The Bertz CT molecular complexity index is 1030. The first-order valence-corrected chi connectivity index (χ1v) is 10.6. The fraction of sp³-hybridized carbons (Fsp3) is 0.316. The Morgan fingerprint density at radius 1 is 1.27 bits per heavy atom. The maximum atomic E-state index is 13.2. The van der Waals surface area contributed by atoms with Crippen molar-refractivity contribution in [3.63, 3.8) is 0 Å². The number of alkyl halides is 3. The van der Waals surface area contributed by atoms with Crippen LogP contribution in [0.25, 0.3) is 0 Å². The number of halogens is 4. The molecule has 0 radical (unpaired) electrons. The summed E-state index contributed by atoms with van der Waals surface area (Å²) < 4.78 is 65.1. The molecule has 1 heterocycles. The van der Waals surface area contributed by atoms with Crippen LogP contribution in [-0.4, -0.2) is 44.6 Å². The highest BCUT2D eigenvalue weighted by atomic mass is 35.5. The van der Waals surface area contributed by atoms with E-state index in [4.69, 9.17) is 11.6 Å². The molecule has 0 fully saturated rings. The zero-order chi connectivity index (χ0) is 22.5. The molecular weight excluding hydrogens is 443 g/mol. The number of nitrogens with zero attached hydrogens (tertiary/aromatic N) is 3. The molecule has 6 nitrogen and oxygen atoms in total. The molecule has 0 aliphatic rings. The second-order valence-corrected chi connectivity index (χ2v) is 9.11. The van der Waals surface area contributed by atoms with Gasteiger partial charge < -0.3 is 4.90 Å².